The fraction of sp³-hybridized carbons (Fsp3) is 0.409. The lowest BCUT2D eigenvalue weighted by Gasteiger charge is -2.32. The van der Waals surface area contributed by atoms with Crippen molar-refractivity contribution in [3.8, 4) is 0 Å². The second-order valence-corrected chi connectivity index (χ2v) is 8.37. The molecule has 2 unspecified atom stereocenters. The number of hydrogen-bond donors (Lipinski definition) is 3. The summed E-state index contributed by atoms with van der Waals surface area (Å²) in [6, 6.07) is 15.7. The van der Waals surface area contributed by atoms with Crippen LogP contribution in [0.5, 0.6) is 0 Å². The number of likely N-dealkylation sites (N-methyl/N-ethyl adjacent to an activating group) is 1. The van der Waals surface area contributed by atoms with Gasteiger partial charge < -0.3 is 10.2 Å². The number of carbonyl (C=O) groups is 1. The number of benzene rings is 2. The Morgan fingerprint density at radius 1 is 1.14 bits per heavy atom. The molecule has 0 bridgehead atoms. The van der Waals surface area contributed by atoms with E-state index in [2.05, 4.69) is 45.1 Å². The SMILES string of the molecule is CN1CCN(Cc2cccc(NC(=O)C3CNNC3c3ccc(Cl)cc3)c2)CC1. The maximum atomic E-state index is 13.0. The van der Waals surface area contributed by atoms with Gasteiger partial charge in [-0.1, -0.05) is 35.9 Å². The summed E-state index contributed by atoms with van der Waals surface area (Å²) in [4.78, 5) is 17.8. The molecule has 0 saturated carbocycles. The van der Waals surface area contributed by atoms with Gasteiger partial charge in [0, 0.05) is 50.0 Å². The van der Waals surface area contributed by atoms with Gasteiger partial charge in [0.2, 0.25) is 5.91 Å². The summed E-state index contributed by atoms with van der Waals surface area (Å²) in [6.07, 6.45) is 0. The van der Waals surface area contributed by atoms with Crippen molar-refractivity contribution in [2.24, 2.45) is 5.92 Å². The average Bonchev–Trinajstić information content (AvgIpc) is 3.21. The van der Waals surface area contributed by atoms with Crippen molar-refractivity contribution in [3.05, 3.63) is 64.7 Å². The second kappa shape index (κ2) is 9.24. The standard InChI is InChI=1S/C22H28ClN5O/c1-27-9-11-28(12-10-27)15-16-3-2-4-19(13-16)25-22(29)20-14-24-26-21(20)17-5-7-18(23)8-6-17/h2-8,13,20-21,24,26H,9-12,14-15H2,1H3,(H,25,29). The highest BCUT2D eigenvalue weighted by Crippen LogP contribution is 2.27. The van der Waals surface area contributed by atoms with Crippen LogP contribution >= 0.6 is 11.6 Å². The van der Waals surface area contributed by atoms with Crippen LogP contribution in [0.15, 0.2) is 48.5 Å². The van der Waals surface area contributed by atoms with Gasteiger partial charge in [-0.15, -0.1) is 0 Å². The van der Waals surface area contributed by atoms with Crippen LogP contribution in [0, 0.1) is 5.92 Å². The third-order valence-corrected chi connectivity index (χ3v) is 6.00. The monoisotopic (exact) mass is 413 g/mol. The molecule has 0 aromatic heterocycles. The number of carbonyl (C=O) groups excluding carboxylic acids is 1. The molecule has 0 radical (unpaired) electrons. The number of nitrogens with zero attached hydrogens (tertiary/aromatic N) is 2. The molecular weight excluding hydrogens is 386 g/mol. The van der Waals surface area contributed by atoms with Crippen molar-refractivity contribution in [1.29, 1.82) is 0 Å². The fourth-order valence-electron chi connectivity index (χ4n) is 3.97. The van der Waals surface area contributed by atoms with E-state index in [1.54, 1.807) is 0 Å². The molecule has 1 amide bonds. The van der Waals surface area contributed by atoms with Gasteiger partial charge in [-0.2, -0.15) is 0 Å². The number of nitrogens with one attached hydrogen (secondary N) is 3. The molecule has 6 nitrogen and oxygen atoms in total. The maximum absolute atomic E-state index is 13.0. The van der Waals surface area contributed by atoms with Gasteiger partial charge >= 0.3 is 0 Å². The minimum Gasteiger partial charge on any atom is -0.326 e. The molecule has 0 aliphatic carbocycles. The van der Waals surface area contributed by atoms with Gasteiger partial charge in [-0.05, 0) is 42.4 Å². The molecule has 7 heteroatoms. The first-order chi connectivity index (χ1) is 14.1. The van der Waals surface area contributed by atoms with E-state index in [4.69, 9.17) is 11.6 Å². The van der Waals surface area contributed by atoms with Gasteiger partial charge in [-0.3, -0.25) is 15.1 Å². The lowest BCUT2D eigenvalue weighted by atomic mass is 9.94. The van der Waals surface area contributed by atoms with Crippen LogP contribution in [0.25, 0.3) is 0 Å². The van der Waals surface area contributed by atoms with E-state index in [9.17, 15) is 4.79 Å². The minimum atomic E-state index is -0.197. The lowest BCUT2D eigenvalue weighted by Crippen LogP contribution is -2.43. The van der Waals surface area contributed by atoms with E-state index < -0.39 is 0 Å². The minimum absolute atomic E-state index is 0.0131. The average molecular weight is 414 g/mol. The number of amides is 1. The van der Waals surface area contributed by atoms with Crippen molar-refractivity contribution in [1.82, 2.24) is 20.7 Å². The molecule has 2 aliphatic heterocycles. The van der Waals surface area contributed by atoms with Crippen molar-refractivity contribution in [3.63, 3.8) is 0 Å². The first-order valence-electron chi connectivity index (χ1n) is 10.1. The highest BCUT2D eigenvalue weighted by molar-refractivity contribution is 6.30. The Morgan fingerprint density at radius 2 is 1.90 bits per heavy atom. The smallest absolute Gasteiger partial charge is 0.230 e. The molecule has 3 N–H and O–H groups in total. The third kappa shape index (κ3) is 5.15. The van der Waals surface area contributed by atoms with E-state index in [0.717, 1.165) is 44.0 Å². The van der Waals surface area contributed by atoms with Crippen LogP contribution < -0.4 is 16.2 Å². The summed E-state index contributed by atoms with van der Waals surface area (Å²) in [5, 5.41) is 3.80. The lowest BCUT2D eigenvalue weighted by molar-refractivity contribution is -0.119. The van der Waals surface area contributed by atoms with E-state index in [0.29, 0.717) is 11.6 Å². The Labute approximate surface area is 177 Å². The Hall–Kier alpha value is -1.96. The van der Waals surface area contributed by atoms with Crippen LogP contribution in [0.4, 0.5) is 5.69 Å². The summed E-state index contributed by atoms with van der Waals surface area (Å²) in [5.41, 5.74) is 9.45. The Kier molecular flexibility index (Phi) is 6.47. The molecule has 2 saturated heterocycles. The van der Waals surface area contributed by atoms with E-state index in [1.165, 1.54) is 5.56 Å². The maximum Gasteiger partial charge on any atom is 0.230 e. The first kappa shape index (κ1) is 20.3. The Bertz CT molecular complexity index is 835. The van der Waals surface area contributed by atoms with Crippen molar-refractivity contribution < 1.29 is 4.79 Å². The molecule has 0 spiro atoms. The largest absolute Gasteiger partial charge is 0.326 e. The highest BCUT2D eigenvalue weighted by Gasteiger charge is 2.34. The molecule has 2 aliphatic rings. The second-order valence-electron chi connectivity index (χ2n) is 7.93. The third-order valence-electron chi connectivity index (χ3n) is 5.74. The van der Waals surface area contributed by atoms with Crippen LogP contribution in [-0.2, 0) is 11.3 Å². The number of anilines is 1. The highest BCUT2D eigenvalue weighted by atomic mass is 35.5. The van der Waals surface area contributed by atoms with Gasteiger partial charge in [0.25, 0.3) is 0 Å². The number of hydrazine groups is 1. The fourth-order valence-corrected chi connectivity index (χ4v) is 4.10. The van der Waals surface area contributed by atoms with Crippen molar-refractivity contribution in [2.75, 3.05) is 45.1 Å². The van der Waals surface area contributed by atoms with Crippen LogP contribution in [0.3, 0.4) is 0 Å². The van der Waals surface area contributed by atoms with Gasteiger partial charge in [0.05, 0.1) is 12.0 Å². The first-order valence-corrected chi connectivity index (χ1v) is 10.5. The molecule has 2 aromatic carbocycles. The van der Waals surface area contributed by atoms with Crippen LogP contribution in [-0.4, -0.2) is 55.5 Å². The van der Waals surface area contributed by atoms with E-state index in [1.807, 2.05) is 36.4 Å². The number of rotatable bonds is 5. The zero-order chi connectivity index (χ0) is 20.2. The summed E-state index contributed by atoms with van der Waals surface area (Å²) in [5.74, 6) is -0.184. The number of piperazine rings is 1. The van der Waals surface area contributed by atoms with Gasteiger partial charge in [0.15, 0.2) is 0 Å². The normalized spacial score (nSPS) is 23.2. The van der Waals surface area contributed by atoms with Crippen LogP contribution in [0.2, 0.25) is 5.02 Å². The topological polar surface area (TPSA) is 59.6 Å². The molecular formula is C22H28ClN5O. The summed E-state index contributed by atoms with van der Waals surface area (Å²) < 4.78 is 0. The summed E-state index contributed by atoms with van der Waals surface area (Å²) in [6.45, 7) is 5.86. The van der Waals surface area contributed by atoms with Gasteiger partial charge in [0.1, 0.15) is 0 Å². The van der Waals surface area contributed by atoms with Crippen molar-refractivity contribution in [2.45, 2.75) is 12.6 Å². The Morgan fingerprint density at radius 3 is 2.66 bits per heavy atom. The molecule has 2 aromatic rings. The zero-order valence-corrected chi connectivity index (χ0v) is 17.5. The van der Waals surface area contributed by atoms with E-state index >= 15 is 0 Å². The quantitative estimate of drug-likeness (QED) is 0.703. The Balaban J connectivity index is 1.39. The molecule has 2 fully saturated rings. The summed E-state index contributed by atoms with van der Waals surface area (Å²) in [7, 11) is 2.16. The van der Waals surface area contributed by atoms with Gasteiger partial charge in [-0.25, -0.2) is 5.43 Å². The molecule has 4 rings (SSSR count). The number of hydrogen-bond acceptors (Lipinski definition) is 5. The number of halogens is 1. The molecule has 154 valence electrons. The molecule has 2 heterocycles. The predicted octanol–water partition coefficient (Wildman–Crippen LogP) is 2.49. The van der Waals surface area contributed by atoms with Crippen molar-refractivity contribution >= 4 is 23.2 Å². The molecule has 2 atom stereocenters. The molecule has 29 heavy (non-hydrogen) atoms. The zero-order valence-electron chi connectivity index (χ0n) is 16.7. The van der Waals surface area contributed by atoms with E-state index in [-0.39, 0.29) is 17.9 Å². The summed E-state index contributed by atoms with van der Waals surface area (Å²) >= 11 is 6.00. The predicted molar refractivity (Wildman–Crippen MR) is 117 cm³/mol. The van der Waals surface area contributed by atoms with Crippen LogP contribution in [0.1, 0.15) is 17.2 Å².